The number of aromatic nitrogens is 6. The van der Waals surface area contributed by atoms with Crippen LogP contribution in [-0.2, 0) is 28.4 Å². The van der Waals surface area contributed by atoms with Gasteiger partial charge in [0.05, 0.1) is 17.3 Å². The Morgan fingerprint density at radius 1 is 0.894 bits per heavy atom. The van der Waals surface area contributed by atoms with Crippen LogP contribution in [0.25, 0.3) is 5.69 Å². The van der Waals surface area contributed by atoms with Crippen molar-refractivity contribution in [3.8, 4) is 11.4 Å². The molecule has 0 saturated carbocycles. The van der Waals surface area contributed by atoms with E-state index in [0.717, 1.165) is 49.0 Å². The number of hydrogen-bond acceptors (Lipinski definition) is 9. The van der Waals surface area contributed by atoms with E-state index in [1.165, 1.54) is 11.0 Å². The van der Waals surface area contributed by atoms with Crippen molar-refractivity contribution in [2.75, 3.05) is 49.2 Å². The summed E-state index contributed by atoms with van der Waals surface area (Å²) < 4.78 is 23.5. The van der Waals surface area contributed by atoms with E-state index in [4.69, 9.17) is 37.4 Å². The maximum absolute atomic E-state index is 12.4. The third-order valence-electron chi connectivity index (χ3n) is 8.48. The molecule has 5 aromatic rings. The first-order valence-electron chi connectivity index (χ1n) is 15.5. The molecule has 4 heterocycles. The lowest BCUT2D eigenvalue weighted by Crippen LogP contribution is -2.46. The predicted octanol–water partition coefficient (Wildman–Crippen LogP) is 4.63. The standard InChI is InChI=1S/C33H34Cl2N8O4/c1-2-43-32(44)42(23-38-43)27-6-4-25(5-7-27)39-13-15-40(16-14-39)26-8-10-28(11-9-26)45-18-29-19-46-33(47-29,20-41-22-36-21-37-41)30-12-3-24(34)17-31(30)35/h3-12,17,21-23,29H,2,13-16,18-20H2,1H3/t29-,33?/m1/s1. The average molecular weight is 678 g/mol. The number of anilines is 2. The SMILES string of the molecule is CCn1ncn(-c2ccc(N3CCN(c4ccc(OC[C@@H]5COC(Cn6cncn6)(c6ccc(Cl)cc6Cl)O5)cc4)CC3)cc2)c1=O. The van der Waals surface area contributed by atoms with Crippen molar-refractivity contribution >= 4 is 34.6 Å². The van der Waals surface area contributed by atoms with E-state index in [1.807, 2.05) is 37.3 Å². The highest BCUT2D eigenvalue weighted by atomic mass is 35.5. The highest BCUT2D eigenvalue weighted by molar-refractivity contribution is 6.35. The fourth-order valence-corrected chi connectivity index (χ4v) is 6.56. The zero-order valence-electron chi connectivity index (χ0n) is 25.8. The molecule has 0 aliphatic carbocycles. The van der Waals surface area contributed by atoms with Gasteiger partial charge in [-0.3, -0.25) is 0 Å². The Labute approximate surface area is 281 Å². The molecule has 0 spiro atoms. The minimum Gasteiger partial charge on any atom is -0.491 e. The molecule has 0 radical (unpaired) electrons. The molecular formula is C33H34Cl2N8O4. The molecular weight excluding hydrogens is 643 g/mol. The molecule has 14 heteroatoms. The Balaban J connectivity index is 0.931. The molecule has 244 valence electrons. The summed E-state index contributed by atoms with van der Waals surface area (Å²) in [5.74, 6) is -0.409. The van der Waals surface area contributed by atoms with Gasteiger partial charge in [-0.25, -0.2) is 23.7 Å². The highest BCUT2D eigenvalue weighted by Crippen LogP contribution is 2.40. The van der Waals surface area contributed by atoms with Crippen LogP contribution in [-0.4, -0.2) is 74.6 Å². The smallest absolute Gasteiger partial charge is 0.350 e. The molecule has 0 bridgehead atoms. The lowest BCUT2D eigenvalue weighted by molar-refractivity contribution is -0.190. The van der Waals surface area contributed by atoms with Crippen LogP contribution >= 0.6 is 23.2 Å². The van der Waals surface area contributed by atoms with E-state index in [1.54, 1.807) is 34.0 Å². The lowest BCUT2D eigenvalue weighted by atomic mass is 10.1. The molecule has 0 N–H and O–H groups in total. The van der Waals surface area contributed by atoms with Gasteiger partial charge in [0.15, 0.2) is 0 Å². The highest BCUT2D eigenvalue weighted by Gasteiger charge is 2.45. The minimum absolute atomic E-state index is 0.132. The van der Waals surface area contributed by atoms with Gasteiger partial charge in [0.1, 0.15) is 44.0 Å². The average Bonchev–Trinajstić information content (AvgIpc) is 3.85. The Bertz CT molecular complexity index is 1860. The summed E-state index contributed by atoms with van der Waals surface area (Å²) in [5.41, 5.74) is 3.62. The lowest BCUT2D eigenvalue weighted by Gasteiger charge is -2.37. The van der Waals surface area contributed by atoms with Crippen LogP contribution < -0.4 is 20.2 Å². The number of nitrogens with zero attached hydrogens (tertiary/aromatic N) is 8. The number of piperazine rings is 1. The molecule has 12 nitrogen and oxygen atoms in total. The molecule has 7 rings (SSSR count). The second-order valence-corrected chi connectivity index (χ2v) is 12.3. The Hall–Kier alpha value is -4.36. The van der Waals surface area contributed by atoms with Crippen molar-refractivity contribution in [2.45, 2.75) is 31.9 Å². The van der Waals surface area contributed by atoms with Gasteiger partial charge in [0.25, 0.3) is 0 Å². The van der Waals surface area contributed by atoms with Crippen molar-refractivity contribution in [2.24, 2.45) is 0 Å². The minimum atomic E-state index is -1.16. The van der Waals surface area contributed by atoms with Crippen LogP contribution in [0.1, 0.15) is 12.5 Å². The van der Waals surface area contributed by atoms with E-state index in [-0.39, 0.29) is 18.3 Å². The second-order valence-electron chi connectivity index (χ2n) is 11.4. The number of rotatable bonds is 10. The van der Waals surface area contributed by atoms with Crippen molar-refractivity contribution in [3.05, 3.63) is 112 Å². The molecule has 1 unspecified atom stereocenters. The van der Waals surface area contributed by atoms with Gasteiger partial charge in [0.2, 0.25) is 5.79 Å². The molecule has 0 amide bonds. The molecule has 2 aliphatic rings. The largest absolute Gasteiger partial charge is 0.491 e. The van der Waals surface area contributed by atoms with E-state index >= 15 is 0 Å². The van der Waals surface area contributed by atoms with Gasteiger partial charge >= 0.3 is 5.69 Å². The normalized spacial score (nSPS) is 19.8. The number of aryl methyl sites for hydroxylation is 1. The first kappa shape index (κ1) is 31.3. The van der Waals surface area contributed by atoms with Crippen molar-refractivity contribution in [1.82, 2.24) is 29.1 Å². The van der Waals surface area contributed by atoms with Crippen molar-refractivity contribution in [1.29, 1.82) is 0 Å². The summed E-state index contributed by atoms with van der Waals surface area (Å²) in [6.07, 6.45) is 4.31. The molecule has 47 heavy (non-hydrogen) atoms. The van der Waals surface area contributed by atoms with Crippen LogP contribution in [0.3, 0.4) is 0 Å². The molecule has 3 aromatic carbocycles. The van der Waals surface area contributed by atoms with E-state index < -0.39 is 5.79 Å². The molecule has 2 fully saturated rings. The molecule has 2 atom stereocenters. The van der Waals surface area contributed by atoms with Gasteiger partial charge in [-0.15, -0.1) is 0 Å². The predicted molar refractivity (Wildman–Crippen MR) is 179 cm³/mol. The number of ether oxygens (including phenoxy) is 3. The van der Waals surface area contributed by atoms with Crippen molar-refractivity contribution in [3.63, 3.8) is 0 Å². The third-order valence-corrected chi connectivity index (χ3v) is 9.03. The quantitative estimate of drug-likeness (QED) is 0.209. The maximum atomic E-state index is 12.4. The Morgan fingerprint density at radius 3 is 2.19 bits per heavy atom. The van der Waals surface area contributed by atoms with Crippen LogP contribution in [0.5, 0.6) is 5.75 Å². The van der Waals surface area contributed by atoms with Gasteiger partial charge in [0, 0.05) is 54.7 Å². The van der Waals surface area contributed by atoms with E-state index in [2.05, 4.69) is 49.2 Å². The number of halogens is 2. The topological polar surface area (TPSA) is 105 Å². The van der Waals surface area contributed by atoms with Crippen molar-refractivity contribution < 1.29 is 14.2 Å². The molecule has 2 saturated heterocycles. The maximum Gasteiger partial charge on any atom is 0.350 e. The monoisotopic (exact) mass is 676 g/mol. The zero-order chi connectivity index (χ0) is 32.4. The van der Waals surface area contributed by atoms with Gasteiger partial charge in [-0.1, -0.05) is 29.3 Å². The summed E-state index contributed by atoms with van der Waals surface area (Å²) in [7, 11) is 0. The van der Waals surface area contributed by atoms with Crippen LogP contribution in [0.2, 0.25) is 10.0 Å². The molecule has 2 aromatic heterocycles. The third kappa shape index (κ3) is 6.59. The molecule has 2 aliphatic heterocycles. The first-order chi connectivity index (χ1) is 22.9. The fourth-order valence-electron chi connectivity index (χ4n) is 6.00. The van der Waals surface area contributed by atoms with Crippen LogP contribution in [0, 0.1) is 0 Å². The summed E-state index contributed by atoms with van der Waals surface area (Å²) >= 11 is 12.7. The zero-order valence-corrected chi connectivity index (χ0v) is 27.3. The number of benzene rings is 3. The summed E-state index contributed by atoms with van der Waals surface area (Å²) in [4.78, 5) is 21.2. The first-order valence-corrected chi connectivity index (χ1v) is 16.2. The summed E-state index contributed by atoms with van der Waals surface area (Å²) in [6, 6.07) is 21.4. The van der Waals surface area contributed by atoms with Gasteiger partial charge in [-0.2, -0.15) is 10.2 Å². The fraction of sp³-hybridized carbons (Fsp3) is 0.333. The van der Waals surface area contributed by atoms with E-state index in [0.29, 0.717) is 35.4 Å². The Kier molecular flexibility index (Phi) is 8.91. The Morgan fingerprint density at radius 2 is 1.57 bits per heavy atom. The van der Waals surface area contributed by atoms with Gasteiger partial charge in [-0.05, 0) is 67.6 Å². The van der Waals surface area contributed by atoms with Crippen LogP contribution in [0.4, 0.5) is 11.4 Å². The van der Waals surface area contributed by atoms with Gasteiger partial charge < -0.3 is 24.0 Å². The summed E-state index contributed by atoms with van der Waals surface area (Å²) in [6.45, 7) is 6.89. The summed E-state index contributed by atoms with van der Waals surface area (Å²) in [5, 5.41) is 9.35. The van der Waals surface area contributed by atoms with Crippen LogP contribution in [0.15, 0.2) is 90.5 Å². The van der Waals surface area contributed by atoms with E-state index in [9.17, 15) is 4.79 Å². The second kappa shape index (κ2) is 13.4. The number of hydrogen-bond donors (Lipinski definition) is 0.